The third-order valence-corrected chi connectivity index (χ3v) is 2.44. The fourth-order valence-corrected chi connectivity index (χ4v) is 1.43. The van der Waals surface area contributed by atoms with Crippen molar-refractivity contribution in [2.24, 2.45) is 0 Å². The molecule has 1 amide bonds. The second kappa shape index (κ2) is 8.47. The van der Waals surface area contributed by atoms with Gasteiger partial charge in [0.15, 0.2) is 0 Å². The molecule has 100 valence electrons. The lowest BCUT2D eigenvalue weighted by Crippen LogP contribution is -2.27. The molecule has 0 fully saturated rings. The summed E-state index contributed by atoms with van der Waals surface area (Å²) >= 11 is 0. The summed E-state index contributed by atoms with van der Waals surface area (Å²) in [5.41, 5.74) is 1.35. The van der Waals surface area contributed by atoms with E-state index >= 15 is 0 Å². The molecule has 1 rings (SSSR count). The molecule has 5 heteroatoms. The number of amides is 1. The first kappa shape index (κ1) is 14.4. The van der Waals surface area contributed by atoms with Gasteiger partial charge in [0.05, 0.1) is 6.61 Å². The zero-order chi connectivity index (χ0) is 13.2. The first-order chi connectivity index (χ1) is 8.77. The third kappa shape index (κ3) is 5.14. The van der Waals surface area contributed by atoms with Crippen LogP contribution in [0, 0.1) is 0 Å². The maximum absolute atomic E-state index is 11.7. The number of hydrogen-bond acceptors (Lipinski definition) is 4. The van der Waals surface area contributed by atoms with E-state index in [4.69, 9.17) is 4.74 Å². The molecule has 0 spiro atoms. The Kier molecular flexibility index (Phi) is 6.79. The van der Waals surface area contributed by atoms with Gasteiger partial charge in [0, 0.05) is 32.1 Å². The number of unbranched alkanes of at least 4 members (excludes halogenated alkanes) is 1. The van der Waals surface area contributed by atoms with Gasteiger partial charge in [-0.05, 0) is 18.6 Å². The number of nitrogens with zero attached hydrogens (tertiary/aromatic N) is 1. The molecule has 18 heavy (non-hydrogen) atoms. The fraction of sp³-hybridized carbons (Fsp3) is 0.538. The molecule has 0 radical (unpaired) electrons. The van der Waals surface area contributed by atoms with Crippen LogP contribution in [0.15, 0.2) is 18.3 Å². The van der Waals surface area contributed by atoms with E-state index in [2.05, 4.69) is 22.5 Å². The van der Waals surface area contributed by atoms with Crippen LogP contribution in [0.5, 0.6) is 0 Å². The number of anilines is 1. The van der Waals surface area contributed by atoms with E-state index in [0.717, 1.165) is 25.1 Å². The van der Waals surface area contributed by atoms with Gasteiger partial charge < -0.3 is 15.4 Å². The molecule has 0 aliphatic rings. The fourth-order valence-electron chi connectivity index (χ4n) is 1.43. The first-order valence-corrected chi connectivity index (χ1v) is 6.25. The van der Waals surface area contributed by atoms with Crippen LogP contribution in [0.3, 0.4) is 0 Å². The number of nitrogens with one attached hydrogen (secondary N) is 2. The van der Waals surface area contributed by atoms with Crippen LogP contribution in [0.25, 0.3) is 0 Å². The Bertz CT molecular complexity index is 369. The van der Waals surface area contributed by atoms with E-state index in [0.29, 0.717) is 18.8 Å². The zero-order valence-corrected chi connectivity index (χ0v) is 11.0. The van der Waals surface area contributed by atoms with Crippen LogP contribution in [-0.2, 0) is 4.74 Å². The lowest BCUT2D eigenvalue weighted by Gasteiger charge is -2.07. The highest BCUT2D eigenvalue weighted by molar-refractivity contribution is 5.93. The monoisotopic (exact) mass is 251 g/mol. The van der Waals surface area contributed by atoms with Crippen LogP contribution >= 0.6 is 0 Å². The molecule has 0 atom stereocenters. The van der Waals surface area contributed by atoms with Gasteiger partial charge >= 0.3 is 0 Å². The average molecular weight is 251 g/mol. The number of carbonyl (C=O) groups is 1. The number of methoxy groups -OCH3 is 1. The molecule has 0 aliphatic heterocycles. The van der Waals surface area contributed by atoms with Crippen LogP contribution in [-0.4, -0.2) is 37.7 Å². The number of ether oxygens (including phenoxy) is 1. The summed E-state index contributed by atoms with van der Waals surface area (Å²) < 4.78 is 4.87. The number of rotatable bonds is 8. The Hall–Kier alpha value is -1.62. The van der Waals surface area contributed by atoms with Crippen molar-refractivity contribution in [2.75, 3.05) is 32.1 Å². The predicted molar refractivity (Wildman–Crippen MR) is 71.8 cm³/mol. The lowest BCUT2D eigenvalue weighted by atomic mass is 10.3. The molecule has 0 saturated heterocycles. The third-order valence-electron chi connectivity index (χ3n) is 2.44. The molecule has 0 saturated carbocycles. The maximum atomic E-state index is 11.7. The largest absolute Gasteiger partial charge is 0.385 e. The second-order valence-corrected chi connectivity index (χ2v) is 3.96. The Morgan fingerprint density at radius 2 is 2.28 bits per heavy atom. The van der Waals surface area contributed by atoms with Gasteiger partial charge in [-0.1, -0.05) is 13.3 Å². The highest BCUT2D eigenvalue weighted by atomic mass is 16.5. The molecule has 0 aromatic carbocycles. The molecule has 1 heterocycles. The van der Waals surface area contributed by atoms with E-state index in [1.165, 1.54) is 0 Å². The summed E-state index contributed by atoms with van der Waals surface area (Å²) in [5, 5.41) is 6.00. The van der Waals surface area contributed by atoms with Gasteiger partial charge in [0.1, 0.15) is 5.69 Å². The Morgan fingerprint density at radius 3 is 3.00 bits per heavy atom. The standard InChI is InChI=1S/C13H21N3O2/c1-3-4-6-14-11-5-7-15-12(10-11)13(17)16-8-9-18-2/h5,7,10H,3-4,6,8-9H2,1-2H3,(H,14,15)(H,16,17). The van der Waals surface area contributed by atoms with E-state index in [1.807, 2.05) is 6.07 Å². The molecule has 0 bridgehead atoms. The number of hydrogen-bond donors (Lipinski definition) is 2. The summed E-state index contributed by atoms with van der Waals surface area (Å²) in [6.45, 7) is 4.04. The van der Waals surface area contributed by atoms with Crippen molar-refractivity contribution in [2.45, 2.75) is 19.8 Å². The van der Waals surface area contributed by atoms with Crippen LogP contribution in [0.2, 0.25) is 0 Å². The molecule has 0 unspecified atom stereocenters. The van der Waals surface area contributed by atoms with Crippen LogP contribution in [0.4, 0.5) is 5.69 Å². The SMILES string of the molecule is CCCCNc1ccnc(C(=O)NCCOC)c1. The number of pyridine rings is 1. The Balaban J connectivity index is 2.49. The molecular weight excluding hydrogens is 230 g/mol. The summed E-state index contributed by atoms with van der Waals surface area (Å²) in [7, 11) is 1.60. The quantitative estimate of drug-likeness (QED) is 0.690. The number of carbonyl (C=O) groups excluding carboxylic acids is 1. The summed E-state index contributed by atoms with van der Waals surface area (Å²) in [6, 6.07) is 3.62. The van der Waals surface area contributed by atoms with Gasteiger partial charge in [0.2, 0.25) is 0 Å². The van der Waals surface area contributed by atoms with Gasteiger partial charge in [-0.15, -0.1) is 0 Å². The minimum Gasteiger partial charge on any atom is -0.385 e. The summed E-state index contributed by atoms with van der Waals surface area (Å²) in [5.74, 6) is -0.175. The van der Waals surface area contributed by atoms with Crippen molar-refractivity contribution in [1.82, 2.24) is 10.3 Å². The normalized spacial score (nSPS) is 10.1. The molecule has 1 aromatic heterocycles. The van der Waals surface area contributed by atoms with E-state index in [-0.39, 0.29) is 5.91 Å². The Morgan fingerprint density at radius 1 is 1.44 bits per heavy atom. The van der Waals surface area contributed by atoms with E-state index in [1.54, 1.807) is 19.4 Å². The lowest BCUT2D eigenvalue weighted by molar-refractivity contribution is 0.0932. The van der Waals surface area contributed by atoms with Crippen molar-refractivity contribution >= 4 is 11.6 Å². The van der Waals surface area contributed by atoms with Gasteiger partial charge in [-0.3, -0.25) is 9.78 Å². The topological polar surface area (TPSA) is 63.2 Å². The van der Waals surface area contributed by atoms with Crippen molar-refractivity contribution < 1.29 is 9.53 Å². The minimum absolute atomic E-state index is 0.175. The first-order valence-electron chi connectivity index (χ1n) is 6.25. The second-order valence-electron chi connectivity index (χ2n) is 3.96. The van der Waals surface area contributed by atoms with Crippen molar-refractivity contribution in [3.63, 3.8) is 0 Å². The molecule has 2 N–H and O–H groups in total. The summed E-state index contributed by atoms with van der Waals surface area (Å²) in [6.07, 6.45) is 3.89. The molecular formula is C13H21N3O2. The molecule has 5 nitrogen and oxygen atoms in total. The van der Waals surface area contributed by atoms with E-state index in [9.17, 15) is 4.79 Å². The zero-order valence-electron chi connectivity index (χ0n) is 11.0. The maximum Gasteiger partial charge on any atom is 0.270 e. The predicted octanol–water partition coefficient (Wildman–Crippen LogP) is 1.67. The van der Waals surface area contributed by atoms with Crippen molar-refractivity contribution in [1.29, 1.82) is 0 Å². The van der Waals surface area contributed by atoms with E-state index < -0.39 is 0 Å². The van der Waals surface area contributed by atoms with Gasteiger partial charge in [0.25, 0.3) is 5.91 Å². The highest BCUT2D eigenvalue weighted by Crippen LogP contribution is 2.08. The highest BCUT2D eigenvalue weighted by Gasteiger charge is 2.06. The van der Waals surface area contributed by atoms with Crippen LogP contribution < -0.4 is 10.6 Å². The van der Waals surface area contributed by atoms with Gasteiger partial charge in [-0.2, -0.15) is 0 Å². The minimum atomic E-state index is -0.175. The van der Waals surface area contributed by atoms with Crippen LogP contribution in [0.1, 0.15) is 30.3 Å². The van der Waals surface area contributed by atoms with Crippen molar-refractivity contribution in [3.8, 4) is 0 Å². The summed E-state index contributed by atoms with van der Waals surface area (Å²) in [4.78, 5) is 15.8. The molecule has 0 aliphatic carbocycles. The molecule has 1 aromatic rings. The average Bonchev–Trinajstić information content (AvgIpc) is 2.39. The number of aromatic nitrogens is 1. The van der Waals surface area contributed by atoms with Crippen molar-refractivity contribution in [3.05, 3.63) is 24.0 Å². The Labute approximate surface area is 108 Å². The van der Waals surface area contributed by atoms with Gasteiger partial charge in [-0.25, -0.2) is 0 Å². The smallest absolute Gasteiger partial charge is 0.270 e.